The number of piperidine rings is 1. The fourth-order valence-corrected chi connectivity index (χ4v) is 7.19. The molecule has 4 amide bonds. The summed E-state index contributed by atoms with van der Waals surface area (Å²) in [4.78, 5) is 65.8. The van der Waals surface area contributed by atoms with Gasteiger partial charge in [0.25, 0.3) is 5.91 Å². The summed E-state index contributed by atoms with van der Waals surface area (Å²) >= 11 is 6.11. The average Bonchev–Trinajstić information content (AvgIpc) is 3.18. The summed E-state index contributed by atoms with van der Waals surface area (Å²) in [5.41, 5.74) is 5.91. The zero-order valence-electron chi connectivity index (χ0n) is 31.1. The first kappa shape index (κ1) is 40.4. The number of amides is 4. The Morgan fingerprint density at radius 3 is 2.39 bits per heavy atom. The van der Waals surface area contributed by atoms with Crippen LogP contribution in [0.5, 0.6) is 0 Å². The van der Waals surface area contributed by atoms with Crippen LogP contribution < -0.4 is 16.0 Å². The van der Waals surface area contributed by atoms with Crippen molar-refractivity contribution in [1.29, 1.82) is 0 Å². The van der Waals surface area contributed by atoms with E-state index in [1.54, 1.807) is 17.0 Å². The number of halogens is 4. The number of nitrogen functional groups attached to an aromatic ring is 1. The number of benzene rings is 2. The molecule has 18 heteroatoms. The van der Waals surface area contributed by atoms with Gasteiger partial charge in [-0.05, 0) is 68.4 Å². The second-order valence-corrected chi connectivity index (χ2v) is 14.6. The number of ether oxygens (including phenoxy) is 2. The first-order valence-corrected chi connectivity index (χ1v) is 18.6. The number of likely N-dealkylation sites (N-methyl/N-ethyl adjacent to an activating group) is 1. The molecule has 3 aliphatic heterocycles. The highest BCUT2D eigenvalue weighted by Gasteiger charge is 2.38. The van der Waals surface area contributed by atoms with E-state index in [0.717, 1.165) is 17.3 Å². The predicted octanol–water partition coefficient (Wildman–Crippen LogP) is 4.96. The highest BCUT2D eigenvalue weighted by Crippen LogP contribution is 2.38. The fraction of sp³-hybridized carbons (Fsp3) is 0.447. The second kappa shape index (κ2) is 17.2. The van der Waals surface area contributed by atoms with Crippen LogP contribution in [0.2, 0.25) is 5.02 Å². The normalized spacial score (nSPS) is 17.0. The van der Waals surface area contributed by atoms with E-state index in [1.165, 1.54) is 22.1 Å². The van der Waals surface area contributed by atoms with E-state index in [4.69, 9.17) is 26.8 Å². The molecule has 0 aliphatic carbocycles. The largest absolute Gasteiger partial charge is 0.461 e. The number of anilines is 3. The number of esters is 1. The molecule has 6 rings (SSSR count). The Bertz CT molecular complexity index is 1920. The summed E-state index contributed by atoms with van der Waals surface area (Å²) in [6.07, 6.45) is -5.13. The molecule has 0 unspecified atom stereocenters. The van der Waals surface area contributed by atoms with Crippen LogP contribution in [-0.4, -0.2) is 127 Å². The number of piperazine rings is 1. The molecule has 2 fully saturated rings. The molecular formula is C38H44ClF3N8O6. The third-order valence-corrected chi connectivity index (χ3v) is 10.4. The topological polar surface area (TPSA) is 154 Å². The van der Waals surface area contributed by atoms with E-state index in [1.807, 2.05) is 48.2 Å². The monoisotopic (exact) mass is 800 g/mol. The number of rotatable bonds is 10. The number of hydrogen-bond acceptors (Lipinski definition) is 10. The van der Waals surface area contributed by atoms with Gasteiger partial charge in [-0.25, -0.2) is 19.4 Å². The number of likely N-dealkylation sites (tertiary alicyclic amines) is 1. The molecule has 0 bridgehead atoms. The van der Waals surface area contributed by atoms with Gasteiger partial charge >= 0.3 is 24.3 Å². The van der Waals surface area contributed by atoms with Crippen LogP contribution in [0.4, 0.5) is 40.0 Å². The van der Waals surface area contributed by atoms with Gasteiger partial charge in [0.05, 0.1) is 21.8 Å². The summed E-state index contributed by atoms with van der Waals surface area (Å²) < 4.78 is 52.7. The number of carbonyl (C=O) groups is 4. The van der Waals surface area contributed by atoms with Crippen molar-refractivity contribution in [1.82, 2.24) is 24.6 Å². The number of hydrogen-bond donors (Lipinski definition) is 2. The van der Waals surface area contributed by atoms with Crippen molar-refractivity contribution in [3.05, 3.63) is 82.0 Å². The molecule has 3 aromatic rings. The summed E-state index contributed by atoms with van der Waals surface area (Å²) in [6.45, 7) is 2.81. The van der Waals surface area contributed by atoms with Crippen LogP contribution in [0.3, 0.4) is 0 Å². The van der Waals surface area contributed by atoms with E-state index >= 15 is 0 Å². The Hall–Kier alpha value is -5.29. The van der Waals surface area contributed by atoms with Crippen molar-refractivity contribution < 1.29 is 41.8 Å². The standard InChI is InChI=1S/C38H44ClF3N8O6/c1-46(2)17-18-55-35(52)25-7-8-32(44-22-25)47-13-15-48(16-14-47)34(51)31(21-24-19-28(38(40,41)42)33(43)29(39)20-24)56-37(54)49-11-9-27(10-12-49)50-23-26-5-3-4-6-30(26)45-36(50)53/h3-8,19-20,22,27,31H,9-18,21,23,43H2,1-2H3,(H,45,53)/t31-/m1/s1. The number of aromatic nitrogens is 1. The van der Waals surface area contributed by atoms with E-state index in [9.17, 15) is 32.3 Å². The second-order valence-electron chi connectivity index (χ2n) is 14.2. The number of carbonyl (C=O) groups excluding carboxylic acids is 4. The Balaban J connectivity index is 1.11. The van der Waals surface area contributed by atoms with E-state index in [2.05, 4.69) is 10.3 Å². The van der Waals surface area contributed by atoms with E-state index in [0.29, 0.717) is 50.4 Å². The molecule has 14 nitrogen and oxygen atoms in total. The van der Waals surface area contributed by atoms with Crippen LogP contribution in [0.25, 0.3) is 0 Å². The van der Waals surface area contributed by atoms with Gasteiger partial charge in [0, 0.05) is 76.7 Å². The van der Waals surface area contributed by atoms with Crippen molar-refractivity contribution in [3.63, 3.8) is 0 Å². The number of nitrogens with one attached hydrogen (secondary N) is 1. The van der Waals surface area contributed by atoms with Gasteiger partial charge < -0.3 is 45.0 Å². The van der Waals surface area contributed by atoms with Gasteiger partial charge in [-0.3, -0.25) is 4.79 Å². The van der Waals surface area contributed by atoms with Crippen molar-refractivity contribution in [2.45, 2.75) is 44.1 Å². The fourth-order valence-electron chi connectivity index (χ4n) is 6.95. The molecular weight excluding hydrogens is 757 g/mol. The highest BCUT2D eigenvalue weighted by molar-refractivity contribution is 6.33. The molecule has 1 atom stereocenters. The van der Waals surface area contributed by atoms with Crippen LogP contribution >= 0.6 is 11.6 Å². The van der Waals surface area contributed by atoms with Gasteiger partial charge in [-0.15, -0.1) is 0 Å². The van der Waals surface area contributed by atoms with Crippen molar-refractivity contribution in [2.75, 3.05) is 82.5 Å². The molecule has 3 aliphatic rings. The van der Waals surface area contributed by atoms with Crippen LogP contribution in [0.1, 0.15) is 39.9 Å². The molecule has 1 aromatic heterocycles. The summed E-state index contributed by atoms with van der Waals surface area (Å²) in [5, 5.41) is 2.57. The molecule has 2 saturated heterocycles. The molecule has 4 heterocycles. The maximum Gasteiger partial charge on any atom is 0.418 e. The number of urea groups is 1. The number of nitrogens with zero attached hydrogens (tertiary/aromatic N) is 6. The minimum absolute atomic E-state index is 0.0148. The van der Waals surface area contributed by atoms with E-state index in [-0.39, 0.29) is 61.9 Å². The maximum absolute atomic E-state index is 14.1. The SMILES string of the molecule is CN(C)CCOC(=O)c1ccc(N2CCN(C(=O)[C@@H](Cc3cc(Cl)c(N)c(C(F)(F)F)c3)OC(=O)N3CCC(N4Cc5ccccc5NC4=O)CC3)CC2)nc1. The lowest BCUT2D eigenvalue weighted by Crippen LogP contribution is -2.54. The number of pyridine rings is 1. The Morgan fingerprint density at radius 2 is 1.73 bits per heavy atom. The van der Waals surface area contributed by atoms with Gasteiger partial charge in [0.15, 0.2) is 6.10 Å². The van der Waals surface area contributed by atoms with Crippen LogP contribution in [0, 0.1) is 0 Å². The Labute approximate surface area is 327 Å². The maximum atomic E-state index is 14.1. The summed E-state index contributed by atoms with van der Waals surface area (Å²) in [5.74, 6) is -0.492. The van der Waals surface area contributed by atoms with Crippen molar-refractivity contribution in [2.24, 2.45) is 0 Å². The van der Waals surface area contributed by atoms with Crippen LogP contribution in [0.15, 0.2) is 54.7 Å². The Kier molecular flexibility index (Phi) is 12.4. The minimum atomic E-state index is -4.81. The lowest BCUT2D eigenvalue weighted by Gasteiger charge is -2.40. The highest BCUT2D eigenvalue weighted by atomic mass is 35.5. The van der Waals surface area contributed by atoms with E-state index < -0.39 is 41.5 Å². The molecule has 0 spiro atoms. The average molecular weight is 801 g/mol. The predicted molar refractivity (Wildman–Crippen MR) is 202 cm³/mol. The van der Waals surface area contributed by atoms with Gasteiger partial charge in [-0.1, -0.05) is 29.8 Å². The molecule has 0 saturated carbocycles. The number of alkyl halides is 3. The molecule has 3 N–H and O–H groups in total. The van der Waals surface area contributed by atoms with Crippen molar-refractivity contribution >= 4 is 52.8 Å². The first-order chi connectivity index (χ1) is 26.7. The lowest BCUT2D eigenvalue weighted by atomic mass is 10.0. The zero-order chi connectivity index (χ0) is 40.1. The number of nitrogens with two attached hydrogens (primary N) is 1. The molecule has 0 radical (unpaired) electrons. The van der Waals surface area contributed by atoms with Crippen molar-refractivity contribution in [3.8, 4) is 0 Å². The zero-order valence-corrected chi connectivity index (χ0v) is 31.8. The van der Waals surface area contributed by atoms with Gasteiger partial charge in [-0.2, -0.15) is 13.2 Å². The third kappa shape index (κ3) is 9.56. The van der Waals surface area contributed by atoms with Crippen LogP contribution in [-0.2, 0) is 33.4 Å². The smallest absolute Gasteiger partial charge is 0.418 e. The van der Waals surface area contributed by atoms with Gasteiger partial charge in [0.1, 0.15) is 12.4 Å². The quantitative estimate of drug-likeness (QED) is 0.213. The minimum Gasteiger partial charge on any atom is -0.461 e. The van der Waals surface area contributed by atoms with Gasteiger partial charge in [0.2, 0.25) is 0 Å². The first-order valence-electron chi connectivity index (χ1n) is 18.3. The summed E-state index contributed by atoms with van der Waals surface area (Å²) in [7, 11) is 3.74. The molecule has 300 valence electrons. The Morgan fingerprint density at radius 1 is 1.02 bits per heavy atom. The lowest BCUT2D eigenvalue weighted by molar-refractivity contribution is -0.141. The third-order valence-electron chi connectivity index (χ3n) is 10.1. The number of fused-ring (bicyclic) bond motifs is 1. The number of para-hydroxylation sites is 1. The molecule has 56 heavy (non-hydrogen) atoms. The summed E-state index contributed by atoms with van der Waals surface area (Å²) in [6, 6.07) is 12.5. The molecule has 2 aromatic carbocycles.